The van der Waals surface area contributed by atoms with E-state index in [4.69, 9.17) is 4.74 Å². The summed E-state index contributed by atoms with van der Waals surface area (Å²) in [7, 11) is 0. The van der Waals surface area contributed by atoms with Gasteiger partial charge in [0, 0.05) is 26.2 Å². The third-order valence-corrected chi connectivity index (χ3v) is 4.90. The Hall–Kier alpha value is -2.25. The third-order valence-electron chi connectivity index (χ3n) is 4.90. The summed E-state index contributed by atoms with van der Waals surface area (Å²) in [5.74, 6) is 0.411. The van der Waals surface area contributed by atoms with Crippen molar-refractivity contribution in [3.63, 3.8) is 0 Å². The fraction of sp³-hybridized carbons (Fsp3) is 0.571. The van der Waals surface area contributed by atoms with E-state index in [9.17, 15) is 4.79 Å². The number of aryl methyl sites for hydroxylation is 3. The Kier molecular flexibility index (Phi) is 6.46. The van der Waals surface area contributed by atoms with Crippen molar-refractivity contribution in [2.45, 2.75) is 40.7 Å². The van der Waals surface area contributed by atoms with Gasteiger partial charge >= 0.3 is 0 Å². The second kappa shape index (κ2) is 8.84. The third kappa shape index (κ3) is 4.97. The summed E-state index contributed by atoms with van der Waals surface area (Å²) in [4.78, 5) is 16.6. The molecule has 0 radical (unpaired) electrons. The van der Waals surface area contributed by atoms with Crippen molar-refractivity contribution in [1.82, 2.24) is 25.2 Å². The van der Waals surface area contributed by atoms with E-state index in [1.165, 1.54) is 5.56 Å². The van der Waals surface area contributed by atoms with Gasteiger partial charge in [0.25, 0.3) is 5.91 Å². The van der Waals surface area contributed by atoms with Crippen LogP contribution in [0, 0.1) is 26.7 Å². The lowest BCUT2D eigenvalue weighted by atomic mass is 10.1. The highest BCUT2D eigenvalue weighted by molar-refractivity contribution is 5.93. The summed E-state index contributed by atoms with van der Waals surface area (Å²) < 4.78 is 5.81. The first-order valence-corrected chi connectivity index (χ1v) is 9.97. The molecule has 1 aliphatic heterocycles. The molecule has 0 saturated carbocycles. The Labute approximate surface area is 167 Å². The molecular weight excluding hydrogens is 354 g/mol. The Bertz CT molecular complexity index is 830. The molecule has 7 heteroatoms. The number of aromatic nitrogens is 3. The summed E-state index contributed by atoms with van der Waals surface area (Å²) >= 11 is 0. The van der Waals surface area contributed by atoms with Crippen molar-refractivity contribution in [3.8, 4) is 5.69 Å². The lowest BCUT2D eigenvalue weighted by molar-refractivity contribution is -0.0295. The number of nitrogens with one attached hydrogen (secondary N) is 1. The Morgan fingerprint density at radius 3 is 2.79 bits per heavy atom. The van der Waals surface area contributed by atoms with Gasteiger partial charge in [-0.1, -0.05) is 31.5 Å². The summed E-state index contributed by atoms with van der Waals surface area (Å²) in [6.45, 7) is 14.3. The van der Waals surface area contributed by atoms with Crippen LogP contribution in [0.1, 0.15) is 41.2 Å². The lowest BCUT2D eigenvalue weighted by Crippen LogP contribution is -2.48. The predicted octanol–water partition coefficient (Wildman–Crippen LogP) is 2.28. The van der Waals surface area contributed by atoms with Gasteiger partial charge < -0.3 is 10.1 Å². The van der Waals surface area contributed by atoms with Crippen molar-refractivity contribution >= 4 is 5.91 Å². The number of carbonyl (C=O) groups is 1. The van der Waals surface area contributed by atoms with Gasteiger partial charge in [-0.25, -0.2) is 0 Å². The van der Waals surface area contributed by atoms with Crippen LogP contribution in [0.2, 0.25) is 0 Å². The highest BCUT2D eigenvalue weighted by Crippen LogP contribution is 2.15. The van der Waals surface area contributed by atoms with E-state index >= 15 is 0 Å². The number of rotatable bonds is 6. The molecule has 0 spiro atoms. The van der Waals surface area contributed by atoms with E-state index in [0.717, 1.165) is 30.9 Å². The molecule has 3 rings (SSSR count). The zero-order chi connectivity index (χ0) is 20.3. The number of ether oxygens (including phenoxy) is 1. The van der Waals surface area contributed by atoms with Crippen LogP contribution in [0.15, 0.2) is 18.2 Å². The van der Waals surface area contributed by atoms with Crippen LogP contribution >= 0.6 is 0 Å². The molecule has 1 aromatic heterocycles. The molecule has 2 aromatic rings. The van der Waals surface area contributed by atoms with Gasteiger partial charge in [0.15, 0.2) is 5.69 Å². The summed E-state index contributed by atoms with van der Waals surface area (Å²) in [5, 5.41) is 11.8. The highest BCUT2D eigenvalue weighted by atomic mass is 16.5. The van der Waals surface area contributed by atoms with Gasteiger partial charge in [0.1, 0.15) is 0 Å². The standard InChI is InChI=1S/C21H31N5O2/c1-14(2)12-25-8-9-28-18(13-25)11-22-21(27)20-17(5)23-26(24-20)19-7-6-15(3)10-16(19)4/h6-7,10,14,18H,8-9,11-13H2,1-5H3,(H,22,27). The molecule has 1 saturated heterocycles. The maximum Gasteiger partial charge on any atom is 0.273 e. The fourth-order valence-electron chi connectivity index (χ4n) is 3.60. The molecule has 1 amide bonds. The molecule has 1 N–H and O–H groups in total. The monoisotopic (exact) mass is 385 g/mol. The average molecular weight is 386 g/mol. The first-order chi connectivity index (χ1) is 13.3. The zero-order valence-electron chi connectivity index (χ0n) is 17.5. The average Bonchev–Trinajstić information content (AvgIpc) is 3.01. The molecule has 28 heavy (non-hydrogen) atoms. The highest BCUT2D eigenvalue weighted by Gasteiger charge is 2.23. The minimum atomic E-state index is -0.210. The van der Waals surface area contributed by atoms with E-state index in [1.807, 2.05) is 32.9 Å². The van der Waals surface area contributed by atoms with Gasteiger partial charge in [-0.15, -0.1) is 5.10 Å². The van der Waals surface area contributed by atoms with Gasteiger partial charge in [-0.2, -0.15) is 9.90 Å². The van der Waals surface area contributed by atoms with E-state index in [1.54, 1.807) is 4.80 Å². The molecule has 1 aromatic carbocycles. The number of nitrogens with zero attached hydrogens (tertiary/aromatic N) is 4. The lowest BCUT2D eigenvalue weighted by Gasteiger charge is -2.33. The van der Waals surface area contributed by atoms with Crippen molar-refractivity contribution in [2.24, 2.45) is 5.92 Å². The van der Waals surface area contributed by atoms with Gasteiger partial charge in [0.05, 0.1) is 24.1 Å². The summed E-state index contributed by atoms with van der Waals surface area (Å²) in [6, 6.07) is 6.08. The smallest absolute Gasteiger partial charge is 0.273 e. The second-order valence-corrected chi connectivity index (χ2v) is 8.07. The van der Waals surface area contributed by atoms with Crippen molar-refractivity contribution in [3.05, 3.63) is 40.7 Å². The second-order valence-electron chi connectivity index (χ2n) is 8.07. The van der Waals surface area contributed by atoms with Crippen molar-refractivity contribution < 1.29 is 9.53 Å². The molecule has 152 valence electrons. The van der Waals surface area contributed by atoms with Crippen molar-refractivity contribution in [2.75, 3.05) is 32.8 Å². The van der Waals surface area contributed by atoms with Crippen LogP contribution in [-0.2, 0) is 4.74 Å². The molecule has 0 bridgehead atoms. The number of benzene rings is 1. The Balaban J connectivity index is 1.63. The largest absolute Gasteiger partial charge is 0.374 e. The fourth-order valence-corrected chi connectivity index (χ4v) is 3.60. The van der Waals surface area contributed by atoms with Gasteiger partial charge in [-0.3, -0.25) is 9.69 Å². The predicted molar refractivity (Wildman–Crippen MR) is 109 cm³/mol. The summed E-state index contributed by atoms with van der Waals surface area (Å²) in [5.41, 5.74) is 4.11. The molecule has 7 nitrogen and oxygen atoms in total. The number of amides is 1. The molecule has 1 aliphatic rings. The summed E-state index contributed by atoms with van der Waals surface area (Å²) in [6.07, 6.45) is 0.00569. The maximum absolute atomic E-state index is 12.7. The van der Waals surface area contributed by atoms with Gasteiger partial charge in [0.2, 0.25) is 0 Å². The Morgan fingerprint density at radius 1 is 1.29 bits per heavy atom. The topological polar surface area (TPSA) is 72.3 Å². The van der Waals surface area contributed by atoms with Crippen LogP contribution < -0.4 is 5.32 Å². The van der Waals surface area contributed by atoms with Crippen molar-refractivity contribution in [1.29, 1.82) is 0 Å². The maximum atomic E-state index is 12.7. The van der Waals surface area contributed by atoms with E-state index in [0.29, 0.717) is 30.5 Å². The van der Waals surface area contributed by atoms with Crippen LogP contribution in [0.3, 0.4) is 0 Å². The van der Waals surface area contributed by atoms with Crippen LogP contribution in [0.4, 0.5) is 0 Å². The number of hydrogen-bond acceptors (Lipinski definition) is 5. The van der Waals surface area contributed by atoms with Crippen LogP contribution in [0.5, 0.6) is 0 Å². The molecule has 2 heterocycles. The molecule has 1 fully saturated rings. The van der Waals surface area contributed by atoms with Gasteiger partial charge in [-0.05, 0) is 38.3 Å². The first-order valence-electron chi connectivity index (χ1n) is 9.97. The van der Waals surface area contributed by atoms with Crippen LogP contribution in [-0.4, -0.2) is 64.7 Å². The first kappa shape index (κ1) is 20.5. The molecular formula is C21H31N5O2. The quantitative estimate of drug-likeness (QED) is 0.826. The van der Waals surface area contributed by atoms with E-state index < -0.39 is 0 Å². The number of hydrogen-bond donors (Lipinski definition) is 1. The minimum Gasteiger partial charge on any atom is -0.374 e. The molecule has 1 unspecified atom stereocenters. The number of morpholine rings is 1. The normalized spacial score (nSPS) is 17.9. The number of carbonyl (C=O) groups excluding carboxylic acids is 1. The molecule has 0 aliphatic carbocycles. The van der Waals surface area contributed by atoms with E-state index in [2.05, 4.69) is 40.3 Å². The SMILES string of the molecule is Cc1ccc(-n2nc(C)c(C(=O)NCC3CN(CC(C)C)CCO3)n2)c(C)c1. The zero-order valence-corrected chi connectivity index (χ0v) is 17.5. The van der Waals surface area contributed by atoms with Crippen LogP contribution in [0.25, 0.3) is 5.69 Å². The van der Waals surface area contributed by atoms with E-state index in [-0.39, 0.29) is 12.0 Å². The molecule has 1 atom stereocenters. The Morgan fingerprint density at radius 2 is 2.07 bits per heavy atom. The minimum absolute atomic E-state index is 0.00569.